The van der Waals surface area contributed by atoms with Gasteiger partial charge in [-0.1, -0.05) is 43.3 Å². The second-order valence-electron chi connectivity index (χ2n) is 6.21. The van der Waals surface area contributed by atoms with Crippen molar-refractivity contribution in [1.82, 2.24) is 4.90 Å². The molecular formula is C19H24N2O2. The molecule has 122 valence electrons. The number of benzene rings is 2. The van der Waals surface area contributed by atoms with E-state index >= 15 is 0 Å². The van der Waals surface area contributed by atoms with Gasteiger partial charge in [0, 0.05) is 23.7 Å². The molecule has 0 spiro atoms. The zero-order valence-corrected chi connectivity index (χ0v) is 13.8. The van der Waals surface area contributed by atoms with Crippen LogP contribution in [-0.2, 0) is 9.53 Å². The fourth-order valence-electron chi connectivity index (χ4n) is 3.19. The van der Waals surface area contributed by atoms with Crippen LogP contribution in [0, 0.1) is 0 Å². The number of fused-ring (bicyclic) bond motifs is 1. The summed E-state index contributed by atoms with van der Waals surface area (Å²) in [7, 11) is 0. The fraction of sp³-hybridized carbons (Fsp3) is 0.421. The molecule has 0 bridgehead atoms. The van der Waals surface area contributed by atoms with Gasteiger partial charge in [-0.15, -0.1) is 0 Å². The van der Waals surface area contributed by atoms with E-state index in [0.29, 0.717) is 19.2 Å². The lowest BCUT2D eigenvalue weighted by Crippen LogP contribution is -2.51. The van der Waals surface area contributed by atoms with Crippen molar-refractivity contribution in [2.24, 2.45) is 0 Å². The molecule has 1 amide bonds. The number of hydrogen-bond donors (Lipinski definition) is 1. The smallest absolute Gasteiger partial charge is 0.238 e. The van der Waals surface area contributed by atoms with E-state index < -0.39 is 0 Å². The Hall–Kier alpha value is -1.91. The van der Waals surface area contributed by atoms with Gasteiger partial charge in [-0.3, -0.25) is 9.69 Å². The average Bonchev–Trinajstić information content (AvgIpc) is 2.55. The van der Waals surface area contributed by atoms with Crippen LogP contribution in [0.4, 0.5) is 5.69 Å². The Balaban J connectivity index is 1.71. The zero-order valence-electron chi connectivity index (χ0n) is 13.8. The summed E-state index contributed by atoms with van der Waals surface area (Å²) in [6, 6.07) is 14.4. The lowest BCUT2D eigenvalue weighted by Gasteiger charge is -2.37. The lowest BCUT2D eigenvalue weighted by atomic mass is 10.1. The normalized spacial score (nSPS) is 22.2. The van der Waals surface area contributed by atoms with Crippen LogP contribution in [0.5, 0.6) is 0 Å². The molecule has 1 fully saturated rings. The maximum absolute atomic E-state index is 12.5. The van der Waals surface area contributed by atoms with Crippen LogP contribution in [0.15, 0.2) is 42.5 Å². The minimum atomic E-state index is 0.0360. The first-order valence-electron chi connectivity index (χ1n) is 8.30. The van der Waals surface area contributed by atoms with Gasteiger partial charge in [0.25, 0.3) is 0 Å². The predicted octanol–water partition coefficient (Wildman–Crippen LogP) is 3.28. The van der Waals surface area contributed by atoms with Crippen LogP contribution >= 0.6 is 0 Å². The molecule has 2 atom stereocenters. The molecule has 1 N–H and O–H groups in total. The van der Waals surface area contributed by atoms with Crippen LogP contribution in [0.3, 0.4) is 0 Å². The quantitative estimate of drug-likeness (QED) is 0.942. The highest BCUT2D eigenvalue weighted by Gasteiger charge is 2.27. The molecular weight excluding hydrogens is 288 g/mol. The molecule has 0 radical (unpaired) electrons. The van der Waals surface area contributed by atoms with E-state index in [1.54, 1.807) is 0 Å². The number of anilines is 1. The summed E-state index contributed by atoms with van der Waals surface area (Å²) >= 11 is 0. The van der Waals surface area contributed by atoms with Crippen molar-refractivity contribution in [2.75, 3.05) is 25.0 Å². The largest absolute Gasteiger partial charge is 0.376 e. The maximum Gasteiger partial charge on any atom is 0.238 e. The zero-order chi connectivity index (χ0) is 16.2. The first kappa shape index (κ1) is 16.0. The molecule has 4 heteroatoms. The van der Waals surface area contributed by atoms with Crippen molar-refractivity contribution in [3.05, 3.63) is 42.5 Å². The van der Waals surface area contributed by atoms with Gasteiger partial charge in [-0.25, -0.2) is 0 Å². The summed E-state index contributed by atoms with van der Waals surface area (Å²) in [4.78, 5) is 14.7. The van der Waals surface area contributed by atoms with Crippen LogP contribution in [0.1, 0.15) is 20.3 Å². The Kier molecular flexibility index (Phi) is 4.94. The molecule has 1 saturated heterocycles. The first-order valence-corrected chi connectivity index (χ1v) is 8.30. The molecule has 2 unspecified atom stereocenters. The van der Waals surface area contributed by atoms with Gasteiger partial charge in [0.15, 0.2) is 0 Å². The number of amides is 1. The number of carbonyl (C=O) groups excluding carboxylic acids is 1. The highest BCUT2D eigenvalue weighted by atomic mass is 16.5. The molecule has 0 aromatic heterocycles. The standard InChI is InChI=1S/C19H24N2O2/c1-3-16-13-23-14(2)11-21(16)12-19(22)20-18-10-6-8-15-7-4-5-9-17(15)18/h4-10,14,16H,3,11-13H2,1-2H3,(H,20,22). The van der Waals surface area contributed by atoms with Crippen molar-refractivity contribution in [3.8, 4) is 0 Å². The number of nitrogens with zero attached hydrogens (tertiary/aromatic N) is 1. The predicted molar refractivity (Wildman–Crippen MR) is 93.6 cm³/mol. The number of ether oxygens (including phenoxy) is 1. The molecule has 0 saturated carbocycles. The fourth-order valence-corrected chi connectivity index (χ4v) is 3.19. The Morgan fingerprint density at radius 1 is 1.26 bits per heavy atom. The Morgan fingerprint density at radius 3 is 2.87 bits per heavy atom. The van der Waals surface area contributed by atoms with E-state index in [1.165, 1.54) is 0 Å². The number of rotatable bonds is 4. The van der Waals surface area contributed by atoms with Crippen molar-refractivity contribution >= 4 is 22.4 Å². The van der Waals surface area contributed by atoms with E-state index in [2.05, 4.69) is 36.2 Å². The molecule has 23 heavy (non-hydrogen) atoms. The van der Waals surface area contributed by atoms with Gasteiger partial charge < -0.3 is 10.1 Å². The Bertz CT molecular complexity index is 681. The maximum atomic E-state index is 12.5. The topological polar surface area (TPSA) is 41.6 Å². The third-order valence-electron chi connectivity index (χ3n) is 4.46. The molecule has 4 nitrogen and oxygen atoms in total. The first-order chi connectivity index (χ1) is 11.2. The van der Waals surface area contributed by atoms with Crippen LogP contribution in [-0.4, -0.2) is 42.6 Å². The van der Waals surface area contributed by atoms with E-state index in [0.717, 1.165) is 29.4 Å². The van der Waals surface area contributed by atoms with E-state index in [-0.39, 0.29) is 12.0 Å². The Morgan fingerprint density at radius 2 is 2.04 bits per heavy atom. The third kappa shape index (κ3) is 3.71. The van der Waals surface area contributed by atoms with Crippen molar-refractivity contribution < 1.29 is 9.53 Å². The number of carbonyl (C=O) groups is 1. The summed E-state index contributed by atoms with van der Waals surface area (Å²) < 4.78 is 5.70. The van der Waals surface area contributed by atoms with Gasteiger partial charge in [0.1, 0.15) is 0 Å². The second kappa shape index (κ2) is 7.11. The van der Waals surface area contributed by atoms with Crippen molar-refractivity contribution in [1.29, 1.82) is 0 Å². The van der Waals surface area contributed by atoms with Crippen LogP contribution in [0.2, 0.25) is 0 Å². The molecule has 2 aromatic carbocycles. The second-order valence-corrected chi connectivity index (χ2v) is 6.21. The van der Waals surface area contributed by atoms with Crippen molar-refractivity contribution in [3.63, 3.8) is 0 Å². The highest BCUT2D eigenvalue weighted by Crippen LogP contribution is 2.23. The number of nitrogens with one attached hydrogen (secondary N) is 1. The molecule has 3 rings (SSSR count). The van der Waals surface area contributed by atoms with Crippen LogP contribution < -0.4 is 5.32 Å². The minimum Gasteiger partial charge on any atom is -0.376 e. The number of morpholine rings is 1. The Labute approximate surface area is 137 Å². The molecule has 1 heterocycles. The van der Waals surface area contributed by atoms with Crippen LogP contribution in [0.25, 0.3) is 10.8 Å². The van der Waals surface area contributed by atoms with Gasteiger partial charge in [0.2, 0.25) is 5.91 Å². The van der Waals surface area contributed by atoms with Gasteiger partial charge >= 0.3 is 0 Å². The monoisotopic (exact) mass is 312 g/mol. The SMILES string of the molecule is CCC1COC(C)CN1CC(=O)Nc1cccc2ccccc12. The summed E-state index contributed by atoms with van der Waals surface area (Å²) in [5.74, 6) is 0.0360. The summed E-state index contributed by atoms with van der Waals surface area (Å²) in [5.41, 5.74) is 0.877. The number of hydrogen-bond acceptors (Lipinski definition) is 3. The van der Waals surface area contributed by atoms with E-state index in [1.807, 2.05) is 30.3 Å². The molecule has 0 aliphatic carbocycles. The van der Waals surface area contributed by atoms with Gasteiger partial charge in [0.05, 0.1) is 19.3 Å². The summed E-state index contributed by atoms with van der Waals surface area (Å²) in [5, 5.41) is 5.28. The molecule has 1 aliphatic rings. The lowest BCUT2D eigenvalue weighted by molar-refractivity contribution is -0.121. The highest BCUT2D eigenvalue weighted by molar-refractivity contribution is 6.02. The van der Waals surface area contributed by atoms with E-state index in [4.69, 9.17) is 4.74 Å². The van der Waals surface area contributed by atoms with Gasteiger partial charge in [-0.2, -0.15) is 0 Å². The summed E-state index contributed by atoms with van der Waals surface area (Å²) in [6.07, 6.45) is 1.18. The summed E-state index contributed by atoms with van der Waals surface area (Å²) in [6.45, 7) is 6.12. The minimum absolute atomic E-state index is 0.0360. The molecule has 2 aromatic rings. The average molecular weight is 312 g/mol. The third-order valence-corrected chi connectivity index (χ3v) is 4.46. The van der Waals surface area contributed by atoms with Gasteiger partial charge in [-0.05, 0) is 24.8 Å². The molecule has 1 aliphatic heterocycles. The van der Waals surface area contributed by atoms with E-state index in [9.17, 15) is 4.79 Å². The van der Waals surface area contributed by atoms with Crippen molar-refractivity contribution in [2.45, 2.75) is 32.4 Å².